The molecule has 5 heteroatoms. The van der Waals surface area contributed by atoms with Gasteiger partial charge in [0.15, 0.2) is 0 Å². The average Bonchev–Trinajstić information content (AvgIpc) is 2.66. The van der Waals surface area contributed by atoms with Gasteiger partial charge in [-0.1, -0.05) is 50.1 Å². The Hall–Kier alpha value is -2.24. The van der Waals surface area contributed by atoms with E-state index in [1.165, 1.54) is 5.39 Å². The van der Waals surface area contributed by atoms with E-state index in [0.717, 1.165) is 52.9 Å². The molecule has 0 saturated carbocycles. The Morgan fingerprint density at radius 3 is 1.92 bits per heavy atom. The van der Waals surface area contributed by atoms with E-state index >= 15 is 0 Å². The fraction of sp³-hybridized carbons (Fsp3) is 0.0476. The molecule has 0 unspecified atom stereocenters. The first-order valence-corrected chi connectivity index (χ1v) is 9.69. The van der Waals surface area contributed by atoms with Crippen molar-refractivity contribution in [2.24, 2.45) is 0 Å². The molecule has 0 bridgehead atoms. The van der Waals surface area contributed by atoms with Crippen molar-refractivity contribution in [1.82, 2.24) is 9.97 Å². The van der Waals surface area contributed by atoms with Crippen molar-refractivity contribution in [3.63, 3.8) is 0 Å². The molecule has 0 fully saturated rings. The summed E-state index contributed by atoms with van der Waals surface area (Å²) < 4.78 is 7.54. The smallest absolute Gasteiger partial charge is 0.146 e. The number of hydrogen-bond acceptors (Lipinski definition) is 3. The van der Waals surface area contributed by atoms with Crippen molar-refractivity contribution in [2.45, 2.75) is 0 Å². The predicted molar refractivity (Wildman–Crippen MR) is 114 cm³/mol. The third-order valence-electron chi connectivity index (χ3n) is 4.64. The summed E-state index contributed by atoms with van der Waals surface area (Å²) in [6.45, 7) is 0. The second-order valence-corrected chi connectivity index (χ2v) is 7.96. The van der Waals surface area contributed by atoms with Gasteiger partial charge >= 0.3 is 0 Å². The lowest BCUT2D eigenvalue weighted by Crippen LogP contribution is -1.94. The van der Waals surface area contributed by atoms with Crippen molar-refractivity contribution in [2.75, 3.05) is 7.11 Å². The summed E-state index contributed by atoms with van der Waals surface area (Å²) >= 11 is 7.18. The van der Waals surface area contributed by atoms with Gasteiger partial charge in [-0.3, -0.25) is 0 Å². The topological polar surface area (TPSA) is 35.0 Å². The maximum absolute atomic E-state index is 5.50. The molecule has 126 valence electrons. The molecule has 5 aromatic rings. The van der Waals surface area contributed by atoms with Crippen molar-refractivity contribution >= 4 is 75.5 Å². The van der Waals surface area contributed by atoms with E-state index in [2.05, 4.69) is 68.3 Å². The number of fused-ring (bicyclic) bond motifs is 7. The maximum atomic E-state index is 5.50. The van der Waals surface area contributed by atoms with E-state index in [4.69, 9.17) is 14.7 Å². The Morgan fingerprint density at radius 1 is 0.692 bits per heavy atom. The highest BCUT2D eigenvalue weighted by Gasteiger charge is 2.14. The molecule has 5 rings (SSSR count). The van der Waals surface area contributed by atoms with Crippen molar-refractivity contribution in [3.8, 4) is 5.75 Å². The summed E-state index contributed by atoms with van der Waals surface area (Å²) in [7, 11) is 1.66. The highest BCUT2D eigenvalue weighted by atomic mass is 79.9. The van der Waals surface area contributed by atoms with Crippen LogP contribution in [0.4, 0.5) is 0 Å². The average molecular weight is 468 g/mol. The van der Waals surface area contributed by atoms with Crippen molar-refractivity contribution in [1.29, 1.82) is 0 Å². The van der Waals surface area contributed by atoms with Gasteiger partial charge in [0.1, 0.15) is 11.3 Å². The fourth-order valence-corrected chi connectivity index (χ4v) is 4.21. The molecular weight excluding hydrogens is 456 g/mol. The van der Waals surface area contributed by atoms with Crippen LogP contribution < -0.4 is 4.74 Å². The third-order valence-corrected chi connectivity index (χ3v) is 5.63. The molecular formula is C21H12Br2N2O. The number of benzene rings is 4. The van der Waals surface area contributed by atoms with Gasteiger partial charge < -0.3 is 4.74 Å². The monoisotopic (exact) mass is 466 g/mol. The highest BCUT2D eigenvalue weighted by molar-refractivity contribution is 9.10. The number of para-hydroxylation sites is 1. The van der Waals surface area contributed by atoms with Gasteiger partial charge in [-0.2, -0.15) is 0 Å². The molecule has 0 amide bonds. The first kappa shape index (κ1) is 16.0. The van der Waals surface area contributed by atoms with Crippen LogP contribution in [0.1, 0.15) is 0 Å². The fourth-order valence-electron chi connectivity index (χ4n) is 3.49. The van der Waals surface area contributed by atoms with Gasteiger partial charge in [0.2, 0.25) is 0 Å². The zero-order valence-electron chi connectivity index (χ0n) is 13.8. The van der Waals surface area contributed by atoms with E-state index in [9.17, 15) is 0 Å². The molecule has 4 aromatic carbocycles. The molecule has 0 atom stereocenters. The summed E-state index contributed by atoms with van der Waals surface area (Å²) in [6.07, 6.45) is 0. The minimum absolute atomic E-state index is 0.731. The molecule has 0 aliphatic heterocycles. The first-order chi connectivity index (χ1) is 12.7. The maximum Gasteiger partial charge on any atom is 0.146 e. The molecule has 26 heavy (non-hydrogen) atoms. The minimum atomic E-state index is 0.731. The highest BCUT2D eigenvalue weighted by Crippen LogP contribution is 2.37. The molecule has 0 saturated heterocycles. The summed E-state index contributed by atoms with van der Waals surface area (Å²) in [5.74, 6) is 0.731. The Labute approximate surface area is 166 Å². The van der Waals surface area contributed by atoms with E-state index < -0.39 is 0 Å². The van der Waals surface area contributed by atoms with Crippen LogP contribution in [-0.4, -0.2) is 17.1 Å². The van der Waals surface area contributed by atoms with Crippen LogP contribution in [0.2, 0.25) is 0 Å². The Morgan fingerprint density at radius 2 is 1.31 bits per heavy atom. The van der Waals surface area contributed by atoms with Gasteiger partial charge in [-0.15, -0.1) is 0 Å². The number of aromatic nitrogens is 2. The summed E-state index contributed by atoms with van der Waals surface area (Å²) in [6, 6.07) is 18.4. The zero-order chi connectivity index (χ0) is 17.8. The SMILES string of the molecule is COc1cccc2nc3c4cc(Br)ccc4c4ccc(Br)cc4c3nc12. The number of nitrogens with zero attached hydrogens (tertiary/aromatic N) is 2. The van der Waals surface area contributed by atoms with E-state index in [1.54, 1.807) is 7.11 Å². The lowest BCUT2D eigenvalue weighted by atomic mass is 9.99. The van der Waals surface area contributed by atoms with Gasteiger partial charge in [0, 0.05) is 19.7 Å². The van der Waals surface area contributed by atoms with Crippen LogP contribution in [0.5, 0.6) is 5.75 Å². The van der Waals surface area contributed by atoms with Crippen LogP contribution in [0.3, 0.4) is 0 Å². The van der Waals surface area contributed by atoms with Gasteiger partial charge in [0.25, 0.3) is 0 Å². The van der Waals surface area contributed by atoms with E-state index in [0.29, 0.717) is 0 Å². The molecule has 0 aliphatic carbocycles. The van der Waals surface area contributed by atoms with Crippen LogP contribution >= 0.6 is 31.9 Å². The summed E-state index contributed by atoms with van der Waals surface area (Å²) in [5.41, 5.74) is 3.38. The number of halogens is 2. The van der Waals surface area contributed by atoms with Crippen molar-refractivity contribution in [3.05, 3.63) is 63.5 Å². The van der Waals surface area contributed by atoms with Crippen LogP contribution in [-0.2, 0) is 0 Å². The van der Waals surface area contributed by atoms with Gasteiger partial charge in [0.05, 0.1) is 23.7 Å². The number of methoxy groups -OCH3 is 1. The minimum Gasteiger partial charge on any atom is -0.494 e. The first-order valence-electron chi connectivity index (χ1n) is 8.10. The molecule has 0 N–H and O–H groups in total. The molecule has 1 aromatic heterocycles. The zero-order valence-corrected chi connectivity index (χ0v) is 16.9. The van der Waals surface area contributed by atoms with E-state index in [-0.39, 0.29) is 0 Å². The quantitative estimate of drug-likeness (QED) is 0.205. The molecule has 3 nitrogen and oxygen atoms in total. The Bertz CT molecular complexity index is 1350. The number of ether oxygens (including phenoxy) is 1. The largest absolute Gasteiger partial charge is 0.494 e. The summed E-state index contributed by atoms with van der Waals surface area (Å²) in [4.78, 5) is 9.93. The Balaban J connectivity index is 2.12. The van der Waals surface area contributed by atoms with Gasteiger partial charge in [-0.25, -0.2) is 9.97 Å². The van der Waals surface area contributed by atoms with E-state index in [1.807, 2.05) is 18.2 Å². The number of rotatable bonds is 1. The lowest BCUT2D eigenvalue weighted by Gasteiger charge is -2.12. The Kier molecular flexibility index (Phi) is 3.62. The predicted octanol–water partition coefficient (Wildman–Crippen LogP) is 6.62. The molecule has 1 heterocycles. The summed E-state index contributed by atoms with van der Waals surface area (Å²) in [5, 5.41) is 4.48. The second kappa shape index (κ2) is 5.89. The molecule has 0 radical (unpaired) electrons. The normalized spacial score (nSPS) is 11.7. The second-order valence-electron chi connectivity index (χ2n) is 6.13. The van der Waals surface area contributed by atoms with Crippen molar-refractivity contribution < 1.29 is 4.74 Å². The molecule has 0 spiro atoms. The van der Waals surface area contributed by atoms with Crippen LogP contribution in [0.15, 0.2) is 63.5 Å². The van der Waals surface area contributed by atoms with Crippen LogP contribution in [0, 0.1) is 0 Å². The standard InChI is InChI=1S/C21H12Br2N2O/c1-26-18-4-2-3-17-21(18)25-20-16-10-12(23)6-8-14(16)13-7-5-11(22)9-15(13)19(20)24-17/h2-10H,1H3. The van der Waals surface area contributed by atoms with Gasteiger partial charge in [-0.05, 0) is 47.2 Å². The number of hydrogen-bond donors (Lipinski definition) is 0. The van der Waals surface area contributed by atoms with Crippen LogP contribution in [0.25, 0.3) is 43.6 Å². The third kappa shape index (κ3) is 2.31. The molecule has 0 aliphatic rings. The lowest BCUT2D eigenvalue weighted by molar-refractivity contribution is 0.419.